The fraction of sp³-hybridized carbons (Fsp3) is 0.222. The highest BCUT2D eigenvalue weighted by molar-refractivity contribution is 6.09. The van der Waals surface area contributed by atoms with Crippen molar-refractivity contribution in [3.05, 3.63) is 83.2 Å². The predicted octanol–water partition coefficient (Wildman–Crippen LogP) is 5.08. The number of anilines is 2. The highest BCUT2D eigenvalue weighted by Gasteiger charge is 2.13. The number of benzene rings is 2. The monoisotopic (exact) mass is 456 g/mol. The smallest absolute Gasteiger partial charge is 0.266 e. The molecular formula is C27H28N4O3. The maximum absolute atomic E-state index is 12.7. The van der Waals surface area contributed by atoms with Gasteiger partial charge in [-0.25, -0.2) is 0 Å². The first-order valence-electron chi connectivity index (χ1n) is 11.1. The molecule has 3 rings (SSSR count). The Morgan fingerprint density at radius 2 is 1.76 bits per heavy atom. The molecule has 0 spiro atoms. The average molecular weight is 457 g/mol. The van der Waals surface area contributed by atoms with Crippen molar-refractivity contribution in [2.45, 2.75) is 33.7 Å². The molecule has 1 aromatic heterocycles. The summed E-state index contributed by atoms with van der Waals surface area (Å²) in [5, 5.41) is 15.0. The molecule has 0 saturated carbocycles. The molecule has 2 N–H and O–H groups in total. The molecule has 0 unspecified atom stereocenters. The van der Waals surface area contributed by atoms with Gasteiger partial charge in [0.25, 0.3) is 11.8 Å². The highest BCUT2D eigenvalue weighted by atomic mass is 16.5. The summed E-state index contributed by atoms with van der Waals surface area (Å²) in [5.74, 6) is -0.385. The first-order chi connectivity index (χ1) is 16.4. The highest BCUT2D eigenvalue weighted by Crippen LogP contribution is 2.21. The van der Waals surface area contributed by atoms with Crippen LogP contribution in [0.5, 0.6) is 5.75 Å². The number of hydrogen-bond acceptors (Lipinski definition) is 4. The lowest BCUT2D eigenvalue weighted by Crippen LogP contribution is -2.20. The van der Waals surface area contributed by atoms with Gasteiger partial charge in [-0.05, 0) is 62.2 Å². The molecule has 7 heteroatoms. The number of rotatable bonds is 9. The van der Waals surface area contributed by atoms with Gasteiger partial charge in [0.2, 0.25) is 0 Å². The first-order valence-corrected chi connectivity index (χ1v) is 11.1. The van der Waals surface area contributed by atoms with E-state index in [2.05, 4.69) is 22.1 Å². The second kappa shape index (κ2) is 11.5. The predicted molar refractivity (Wildman–Crippen MR) is 133 cm³/mol. The van der Waals surface area contributed by atoms with Gasteiger partial charge in [0.15, 0.2) is 6.61 Å². The normalized spacial score (nSPS) is 10.9. The van der Waals surface area contributed by atoms with Gasteiger partial charge >= 0.3 is 0 Å². The minimum atomic E-state index is -0.512. The molecular weight excluding hydrogens is 428 g/mol. The van der Waals surface area contributed by atoms with Crippen molar-refractivity contribution < 1.29 is 14.3 Å². The number of aromatic nitrogens is 1. The number of carbonyl (C=O) groups is 2. The number of ether oxygens (including phenoxy) is 1. The van der Waals surface area contributed by atoms with Gasteiger partial charge in [-0.15, -0.1) is 0 Å². The molecule has 3 aromatic rings. The van der Waals surface area contributed by atoms with Gasteiger partial charge in [-0.1, -0.05) is 31.2 Å². The lowest BCUT2D eigenvalue weighted by Gasteiger charge is -2.10. The van der Waals surface area contributed by atoms with E-state index in [9.17, 15) is 14.9 Å². The van der Waals surface area contributed by atoms with Crippen LogP contribution in [0, 0.1) is 25.2 Å². The van der Waals surface area contributed by atoms with Crippen LogP contribution < -0.4 is 15.4 Å². The maximum Gasteiger partial charge on any atom is 0.266 e. The van der Waals surface area contributed by atoms with Crippen molar-refractivity contribution >= 4 is 29.3 Å². The van der Waals surface area contributed by atoms with Crippen molar-refractivity contribution in [1.82, 2.24) is 4.57 Å². The fourth-order valence-corrected chi connectivity index (χ4v) is 3.58. The minimum Gasteiger partial charge on any atom is -0.484 e. The van der Waals surface area contributed by atoms with Crippen LogP contribution in [0.2, 0.25) is 0 Å². The van der Waals surface area contributed by atoms with Crippen LogP contribution in [0.1, 0.15) is 30.3 Å². The van der Waals surface area contributed by atoms with E-state index >= 15 is 0 Å². The Morgan fingerprint density at radius 3 is 2.47 bits per heavy atom. The second-order valence-corrected chi connectivity index (χ2v) is 7.83. The van der Waals surface area contributed by atoms with Crippen molar-refractivity contribution in [3.8, 4) is 11.8 Å². The van der Waals surface area contributed by atoms with E-state index in [0.29, 0.717) is 17.1 Å². The summed E-state index contributed by atoms with van der Waals surface area (Å²) >= 11 is 0. The third-order valence-corrected chi connectivity index (χ3v) is 5.24. The van der Waals surface area contributed by atoms with E-state index in [1.54, 1.807) is 42.5 Å². The summed E-state index contributed by atoms with van der Waals surface area (Å²) in [6, 6.07) is 19.8. The number of nitrogens with zero attached hydrogens (tertiary/aromatic N) is 2. The molecule has 1 heterocycles. The molecule has 174 valence electrons. The van der Waals surface area contributed by atoms with Gasteiger partial charge in [-0.3, -0.25) is 9.59 Å². The third kappa shape index (κ3) is 6.36. The molecule has 0 aliphatic rings. The standard InChI is InChI=1S/C27H28N4O3/c1-4-13-31-19(2)14-21(20(31)3)15-22(17-28)27(33)30-24-11-8-12-25(16-24)34-18-26(32)29-23-9-6-5-7-10-23/h5-12,14-16H,4,13,18H2,1-3H3,(H,29,32)(H,30,33)/b22-15-. The summed E-state index contributed by atoms with van der Waals surface area (Å²) in [4.78, 5) is 24.8. The SMILES string of the molecule is CCCn1c(C)cc(/C=C(/C#N)C(=O)Nc2cccc(OCC(=O)Nc3ccccc3)c2)c1C. The maximum atomic E-state index is 12.7. The topological polar surface area (TPSA) is 96.2 Å². The Morgan fingerprint density at radius 1 is 1.03 bits per heavy atom. The summed E-state index contributed by atoms with van der Waals surface area (Å²) in [6.07, 6.45) is 2.61. The van der Waals surface area contributed by atoms with Crippen LogP contribution >= 0.6 is 0 Å². The largest absolute Gasteiger partial charge is 0.484 e. The minimum absolute atomic E-state index is 0.00492. The van der Waals surface area contributed by atoms with E-state index in [-0.39, 0.29) is 18.1 Å². The average Bonchev–Trinajstić information content (AvgIpc) is 3.09. The Bertz CT molecular complexity index is 1240. The Hall–Kier alpha value is -4.31. The zero-order valence-electron chi connectivity index (χ0n) is 19.6. The quantitative estimate of drug-likeness (QED) is 0.347. The molecule has 2 amide bonds. The summed E-state index contributed by atoms with van der Waals surface area (Å²) in [6.45, 7) is 6.81. The van der Waals surface area contributed by atoms with Crippen LogP contribution in [0.15, 0.2) is 66.2 Å². The number of para-hydroxylation sites is 1. The zero-order valence-corrected chi connectivity index (χ0v) is 19.6. The molecule has 0 saturated heterocycles. The van der Waals surface area contributed by atoms with Gasteiger partial charge in [0.05, 0.1) is 0 Å². The number of aryl methyl sites for hydroxylation is 1. The van der Waals surface area contributed by atoms with Crippen LogP contribution in [-0.2, 0) is 16.1 Å². The van der Waals surface area contributed by atoms with E-state index in [1.165, 1.54) is 0 Å². The van der Waals surface area contributed by atoms with E-state index in [4.69, 9.17) is 4.74 Å². The van der Waals surface area contributed by atoms with Crippen LogP contribution in [0.3, 0.4) is 0 Å². The van der Waals surface area contributed by atoms with Gasteiger partial charge in [0.1, 0.15) is 17.4 Å². The lowest BCUT2D eigenvalue weighted by molar-refractivity contribution is -0.118. The molecule has 0 aliphatic heterocycles. The Kier molecular flexibility index (Phi) is 8.25. The molecule has 2 aromatic carbocycles. The number of amides is 2. The summed E-state index contributed by atoms with van der Waals surface area (Å²) < 4.78 is 7.73. The first kappa shape index (κ1) is 24.3. The van der Waals surface area contributed by atoms with Gasteiger partial charge < -0.3 is 19.9 Å². The molecule has 7 nitrogen and oxygen atoms in total. The molecule has 0 atom stereocenters. The second-order valence-electron chi connectivity index (χ2n) is 7.83. The van der Waals surface area contributed by atoms with E-state index < -0.39 is 5.91 Å². The van der Waals surface area contributed by atoms with E-state index in [1.807, 2.05) is 44.2 Å². The van der Waals surface area contributed by atoms with Crippen LogP contribution in [0.4, 0.5) is 11.4 Å². The Balaban J connectivity index is 1.65. The van der Waals surface area contributed by atoms with Crippen molar-refractivity contribution in [3.63, 3.8) is 0 Å². The summed E-state index contributed by atoms with van der Waals surface area (Å²) in [5.41, 5.74) is 4.10. The van der Waals surface area contributed by atoms with E-state index in [0.717, 1.165) is 29.9 Å². The van der Waals surface area contributed by atoms with Crippen molar-refractivity contribution in [1.29, 1.82) is 5.26 Å². The van der Waals surface area contributed by atoms with Crippen molar-refractivity contribution in [2.75, 3.05) is 17.2 Å². The molecule has 0 fully saturated rings. The van der Waals surface area contributed by atoms with Gasteiger partial charge in [0, 0.05) is 35.4 Å². The molecule has 0 radical (unpaired) electrons. The van der Waals surface area contributed by atoms with Crippen molar-refractivity contribution in [2.24, 2.45) is 0 Å². The molecule has 0 aliphatic carbocycles. The third-order valence-electron chi connectivity index (χ3n) is 5.24. The zero-order chi connectivity index (χ0) is 24.5. The van der Waals surface area contributed by atoms with Crippen LogP contribution in [0.25, 0.3) is 6.08 Å². The summed E-state index contributed by atoms with van der Waals surface area (Å²) in [7, 11) is 0. The Labute approximate surface area is 199 Å². The fourth-order valence-electron chi connectivity index (χ4n) is 3.58. The van der Waals surface area contributed by atoms with Crippen LogP contribution in [-0.4, -0.2) is 23.0 Å². The number of nitriles is 1. The number of hydrogen-bond donors (Lipinski definition) is 2. The number of carbonyl (C=O) groups excluding carboxylic acids is 2. The molecule has 0 bridgehead atoms. The molecule has 34 heavy (non-hydrogen) atoms. The van der Waals surface area contributed by atoms with Gasteiger partial charge in [-0.2, -0.15) is 5.26 Å². The number of nitrogens with one attached hydrogen (secondary N) is 2. The lowest BCUT2D eigenvalue weighted by atomic mass is 10.1.